The van der Waals surface area contributed by atoms with Gasteiger partial charge in [-0.3, -0.25) is 19.7 Å². The molecule has 2 saturated heterocycles. The highest BCUT2D eigenvalue weighted by molar-refractivity contribution is 6.30. The highest BCUT2D eigenvalue weighted by Crippen LogP contribution is 2.43. The number of fused-ring (bicyclic) bond motifs is 2. The first-order valence-electron chi connectivity index (χ1n) is 14.2. The summed E-state index contributed by atoms with van der Waals surface area (Å²) in [6, 6.07) is 20.5. The average Bonchev–Trinajstić information content (AvgIpc) is 3.01. The van der Waals surface area contributed by atoms with Crippen LogP contribution in [-0.2, 0) is 31.1 Å². The van der Waals surface area contributed by atoms with Crippen molar-refractivity contribution in [2.45, 2.75) is 30.9 Å². The summed E-state index contributed by atoms with van der Waals surface area (Å²) >= 11 is 6.32. The number of rotatable bonds is 6. The molecule has 6 rings (SSSR count). The largest absolute Gasteiger partial charge is 0.436 e. The summed E-state index contributed by atoms with van der Waals surface area (Å²) < 4.78 is 11.1. The van der Waals surface area contributed by atoms with Gasteiger partial charge in [-0.2, -0.15) is 0 Å². The van der Waals surface area contributed by atoms with Gasteiger partial charge in [0, 0.05) is 41.3 Å². The van der Waals surface area contributed by atoms with Gasteiger partial charge in [0.15, 0.2) is 5.60 Å². The smallest absolute Gasteiger partial charge is 0.412 e. The Labute approximate surface area is 253 Å². The third kappa shape index (κ3) is 6.07. The Bertz CT molecular complexity index is 1570. The molecule has 3 aromatic carbocycles. The van der Waals surface area contributed by atoms with Crippen molar-refractivity contribution in [3.63, 3.8) is 0 Å². The normalized spacial score (nSPS) is 20.6. The van der Waals surface area contributed by atoms with Crippen molar-refractivity contribution in [2.24, 2.45) is 0 Å². The molecule has 2 N–H and O–H groups in total. The van der Waals surface area contributed by atoms with E-state index in [1.165, 1.54) is 0 Å². The van der Waals surface area contributed by atoms with Gasteiger partial charge < -0.3 is 24.6 Å². The second-order valence-corrected chi connectivity index (χ2v) is 11.4. The number of benzene rings is 3. The molecule has 3 aliphatic heterocycles. The second-order valence-electron chi connectivity index (χ2n) is 10.9. The lowest BCUT2D eigenvalue weighted by Gasteiger charge is -2.45. The van der Waals surface area contributed by atoms with Gasteiger partial charge in [0.05, 0.1) is 18.8 Å². The van der Waals surface area contributed by atoms with Crippen molar-refractivity contribution in [3.8, 4) is 0 Å². The molecular weight excluding hydrogens is 572 g/mol. The van der Waals surface area contributed by atoms with Gasteiger partial charge in [0.25, 0.3) is 11.8 Å². The topological polar surface area (TPSA) is 117 Å². The molecule has 11 heteroatoms. The molecule has 4 amide bonds. The third-order valence-corrected chi connectivity index (χ3v) is 8.29. The molecule has 0 aliphatic carbocycles. The molecule has 222 valence electrons. The van der Waals surface area contributed by atoms with Crippen molar-refractivity contribution in [2.75, 3.05) is 43.1 Å². The van der Waals surface area contributed by atoms with Crippen LogP contribution in [0.5, 0.6) is 0 Å². The first-order valence-corrected chi connectivity index (χ1v) is 14.6. The van der Waals surface area contributed by atoms with E-state index in [1.807, 2.05) is 30.3 Å². The lowest BCUT2D eigenvalue weighted by atomic mass is 9.83. The highest BCUT2D eigenvalue weighted by Gasteiger charge is 2.47. The first kappa shape index (κ1) is 28.7. The zero-order valence-corrected chi connectivity index (χ0v) is 24.1. The maximum Gasteiger partial charge on any atom is 0.412 e. The molecule has 0 saturated carbocycles. The highest BCUT2D eigenvalue weighted by atomic mass is 35.5. The molecule has 3 aromatic rings. The fourth-order valence-electron chi connectivity index (χ4n) is 6.00. The summed E-state index contributed by atoms with van der Waals surface area (Å²) in [6.07, 6.45) is 0.796. The van der Waals surface area contributed by atoms with Gasteiger partial charge in [-0.1, -0.05) is 48.0 Å². The van der Waals surface area contributed by atoms with Crippen LogP contribution < -0.4 is 15.5 Å². The number of halogens is 1. The molecule has 0 aromatic heterocycles. The summed E-state index contributed by atoms with van der Waals surface area (Å²) in [5, 5.41) is 6.17. The summed E-state index contributed by atoms with van der Waals surface area (Å²) in [6.45, 7) is 1.36. The number of carbonyl (C=O) groups excluding carboxylic acids is 4. The van der Waals surface area contributed by atoms with Gasteiger partial charge in [0.2, 0.25) is 5.91 Å². The van der Waals surface area contributed by atoms with E-state index in [9.17, 15) is 19.2 Å². The molecule has 10 nitrogen and oxygen atoms in total. The summed E-state index contributed by atoms with van der Waals surface area (Å²) in [5.74, 6) is -0.899. The van der Waals surface area contributed by atoms with Crippen molar-refractivity contribution in [3.05, 3.63) is 94.5 Å². The molecule has 1 unspecified atom stereocenters. The minimum absolute atomic E-state index is 0.0105. The van der Waals surface area contributed by atoms with Crippen molar-refractivity contribution >= 4 is 46.8 Å². The zero-order chi connectivity index (χ0) is 30.0. The SMILES string of the molecule is O=C1Nc2ccc(Cl)cc2C2(CCCN(C(=O)[C@H](Cc3ccccc3)NC(=O)c3cccc(N4CCOCC4=O)c3)C2)O1. The van der Waals surface area contributed by atoms with Crippen molar-refractivity contribution in [1.29, 1.82) is 0 Å². The van der Waals surface area contributed by atoms with E-state index in [1.54, 1.807) is 52.3 Å². The van der Waals surface area contributed by atoms with Crippen LogP contribution in [0.3, 0.4) is 0 Å². The van der Waals surface area contributed by atoms with E-state index < -0.39 is 23.6 Å². The van der Waals surface area contributed by atoms with E-state index in [0.717, 1.165) is 11.1 Å². The van der Waals surface area contributed by atoms with Gasteiger partial charge in [-0.15, -0.1) is 0 Å². The maximum atomic E-state index is 14.2. The summed E-state index contributed by atoms with van der Waals surface area (Å²) in [4.78, 5) is 55.9. The van der Waals surface area contributed by atoms with E-state index in [0.29, 0.717) is 54.5 Å². The molecular formula is C32H31ClN4O6. The molecule has 3 aliphatic rings. The Kier molecular flexibility index (Phi) is 8.05. The number of hydrogen-bond donors (Lipinski definition) is 2. The zero-order valence-electron chi connectivity index (χ0n) is 23.4. The third-order valence-electron chi connectivity index (χ3n) is 8.06. The Hall–Kier alpha value is -4.41. The Balaban J connectivity index is 1.26. The molecule has 0 radical (unpaired) electrons. The monoisotopic (exact) mass is 602 g/mol. The predicted molar refractivity (Wildman–Crippen MR) is 160 cm³/mol. The average molecular weight is 603 g/mol. The van der Waals surface area contributed by atoms with Crippen molar-refractivity contribution in [1.82, 2.24) is 10.2 Å². The predicted octanol–water partition coefficient (Wildman–Crippen LogP) is 4.12. The quantitative estimate of drug-likeness (QED) is 0.438. The number of piperidine rings is 1. The second kappa shape index (κ2) is 12.1. The number of morpholine rings is 1. The molecule has 43 heavy (non-hydrogen) atoms. The number of carbonyl (C=O) groups is 4. The lowest BCUT2D eigenvalue weighted by Crippen LogP contribution is -2.57. The fraction of sp³-hybridized carbons (Fsp3) is 0.312. The van der Waals surface area contributed by atoms with Crippen LogP contribution in [0.2, 0.25) is 5.02 Å². The number of amides is 4. The van der Waals surface area contributed by atoms with Crippen LogP contribution in [-0.4, -0.2) is 67.6 Å². The minimum atomic E-state index is -1.06. The Morgan fingerprint density at radius 2 is 1.86 bits per heavy atom. The van der Waals surface area contributed by atoms with Crippen LogP contribution in [0.1, 0.15) is 34.3 Å². The van der Waals surface area contributed by atoms with Crippen LogP contribution in [0.15, 0.2) is 72.8 Å². The number of likely N-dealkylation sites (tertiary alicyclic amines) is 1. The van der Waals surface area contributed by atoms with Gasteiger partial charge in [-0.25, -0.2) is 4.79 Å². The Morgan fingerprint density at radius 1 is 1.02 bits per heavy atom. The number of nitrogens with one attached hydrogen (secondary N) is 2. The fourth-order valence-corrected chi connectivity index (χ4v) is 6.17. The number of ether oxygens (including phenoxy) is 2. The van der Waals surface area contributed by atoms with E-state index in [2.05, 4.69) is 10.6 Å². The maximum absolute atomic E-state index is 14.2. The van der Waals surface area contributed by atoms with E-state index >= 15 is 0 Å². The number of hydrogen-bond acceptors (Lipinski definition) is 6. The van der Waals surface area contributed by atoms with E-state index in [-0.39, 0.29) is 31.4 Å². The van der Waals surface area contributed by atoms with Crippen molar-refractivity contribution < 1.29 is 28.7 Å². The van der Waals surface area contributed by atoms with Gasteiger partial charge in [-0.05, 0) is 54.8 Å². The standard InChI is InChI=1S/C32H31ClN4O6/c33-23-10-11-26-25(18-23)32(43-31(41)35-26)12-5-13-36(20-32)30(40)27(16-21-6-2-1-3-7-21)34-29(39)22-8-4-9-24(17-22)37-14-15-42-19-28(37)38/h1-4,6-11,17-18,27H,5,12-16,19-20H2,(H,34,39)(H,35,41)/t27-,32?/m0/s1. The summed E-state index contributed by atoms with van der Waals surface area (Å²) in [5.41, 5.74) is 2.06. The molecule has 2 fully saturated rings. The minimum Gasteiger partial charge on any atom is -0.436 e. The van der Waals surface area contributed by atoms with Gasteiger partial charge in [0.1, 0.15) is 12.6 Å². The lowest BCUT2D eigenvalue weighted by molar-refractivity contribution is -0.141. The first-order chi connectivity index (χ1) is 20.8. The van der Waals surface area contributed by atoms with Gasteiger partial charge >= 0.3 is 6.09 Å². The van der Waals surface area contributed by atoms with Crippen LogP contribution in [0.25, 0.3) is 0 Å². The number of anilines is 2. The number of nitrogens with zero attached hydrogens (tertiary/aromatic N) is 2. The Morgan fingerprint density at radius 3 is 2.67 bits per heavy atom. The molecule has 0 bridgehead atoms. The van der Waals surface area contributed by atoms with Crippen LogP contribution in [0, 0.1) is 0 Å². The summed E-state index contributed by atoms with van der Waals surface area (Å²) in [7, 11) is 0. The van der Waals surface area contributed by atoms with E-state index in [4.69, 9.17) is 21.1 Å². The molecule has 1 spiro atoms. The molecule has 2 atom stereocenters. The van der Waals surface area contributed by atoms with Crippen LogP contribution in [0.4, 0.5) is 16.2 Å². The van der Waals surface area contributed by atoms with Crippen LogP contribution >= 0.6 is 11.6 Å². The molecule has 3 heterocycles.